The Morgan fingerprint density at radius 3 is 2.38 bits per heavy atom. The number of hydrogen-bond acceptors (Lipinski definition) is 4. The lowest BCUT2D eigenvalue weighted by Gasteiger charge is -2.21. The molecule has 16 heavy (non-hydrogen) atoms. The van der Waals surface area contributed by atoms with Gasteiger partial charge in [-0.2, -0.15) is 9.42 Å². The molecule has 2 N–H and O–H groups in total. The number of nitrogens with zero attached hydrogens (tertiary/aromatic N) is 2. The van der Waals surface area contributed by atoms with Gasteiger partial charge in [0.15, 0.2) is 0 Å². The Balaban J connectivity index is 2.57. The molecule has 6 heteroatoms. The van der Waals surface area contributed by atoms with Crippen LogP contribution in [0.3, 0.4) is 0 Å². The highest BCUT2D eigenvalue weighted by Gasteiger charge is 2.42. The van der Waals surface area contributed by atoms with Crippen molar-refractivity contribution < 1.29 is 9.42 Å². The van der Waals surface area contributed by atoms with E-state index in [0.29, 0.717) is 0 Å². The van der Waals surface area contributed by atoms with Gasteiger partial charge in [0.05, 0.1) is 0 Å². The van der Waals surface area contributed by atoms with E-state index >= 15 is 0 Å². The number of nitrogens with one attached hydrogen (secondary N) is 1. The van der Waals surface area contributed by atoms with Gasteiger partial charge in [-0.05, 0) is 38.4 Å². The molecule has 0 amide bonds. The lowest BCUT2D eigenvalue weighted by Crippen LogP contribution is -2.25. The van der Waals surface area contributed by atoms with Crippen molar-refractivity contribution in [3.05, 3.63) is 0 Å². The summed E-state index contributed by atoms with van der Waals surface area (Å²) in [5, 5.41) is 2.78. The lowest BCUT2D eigenvalue weighted by atomic mass is 10.2. The van der Waals surface area contributed by atoms with E-state index in [4.69, 9.17) is 4.52 Å². The number of rotatable bonds is 4. The van der Waals surface area contributed by atoms with Crippen LogP contribution in [0.25, 0.3) is 0 Å². The van der Waals surface area contributed by atoms with Crippen LogP contribution in [0.5, 0.6) is 0 Å². The minimum atomic E-state index is -2.85. The first-order valence-corrected chi connectivity index (χ1v) is 7.27. The molecule has 0 aliphatic carbocycles. The Bertz CT molecular complexity index is 249. The predicted octanol–water partition coefficient (Wildman–Crippen LogP) is 1.81. The van der Waals surface area contributed by atoms with Crippen LogP contribution in [-0.2, 0) is 4.52 Å². The molecule has 0 radical (unpaired) electrons. The molecular formula is C10H23N3O2P+. The van der Waals surface area contributed by atoms with Gasteiger partial charge in [-0.3, -0.25) is 0 Å². The van der Waals surface area contributed by atoms with E-state index < -0.39 is 13.6 Å². The zero-order valence-electron chi connectivity index (χ0n) is 10.6. The summed E-state index contributed by atoms with van der Waals surface area (Å²) in [7, 11) is -1.18. The van der Waals surface area contributed by atoms with Gasteiger partial charge in [-0.25, -0.2) is 0 Å². The van der Waals surface area contributed by atoms with E-state index in [0.717, 1.165) is 13.1 Å². The average Bonchev–Trinajstić information content (AvgIpc) is 2.64. The van der Waals surface area contributed by atoms with Crippen molar-refractivity contribution in [2.45, 2.75) is 39.2 Å². The van der Waals surface area contributed by atoms with E-state index in [-0.39, 0.29) is 0 Å². The van der Waals surface area contributed by atoms with Gasteiger partial charge in [0.25, 0.3) is 0 Å². The fourth-order valence-electron chi connectivity index (χ4n) is 1.51. The quantitative estimate of drug-likeness (QED) is 0.452. The zero-order chi connectivity index (χ0) is 12.2. The van der Waals surface area contributed by atoms with Crippen LogP contribution in [0.2, 0.25) is 0 Å². The molecule has 0 aromatic heterocycles. The van der Waals surface area contributed by atoms with Gasteiger partial charge >= 0.3 is 8.02 Å². The zero-order valence-corrected chi connectivity index (χ0v) is 11.5. The van der Waals surface area contributed by atoms with Crippen LogP contribution < -0.4 is 5.09 Å². The molecule has 1 saturated heterocycles. The Kier molecular flexibility index (Phi) is 4.68. The second kappa shape index (κ2) is 5.41. The normalized spacial score (nSPS) is 21.7. The standard InChI is InChI=1S/C10H23N3O2P/c1-10(2,3)15-16(14,11-4)12-9-13-7-5-6-8-13/h9,11,14H,5-8H2,1-4H3/q+1. The molecule has 1 heterocycles. The largest absolute Gasteiger partial charge is 0.480 e. The maximum absolute atomic E-state index is 10.2. The summed E-state index contributed by atoms with van der Waals surface area (Å²) < 4.78 is 9.74. The molecule has 0 spiro atoms. The Morgan fingerprint density at radius 2 is 1.94 bits per heavy atom. The molecule has 5 nitrogen and oxygen atoms in total. The van der Waals surface area contributed by atoms with E-state index in [1.54, 1.807) is 13.4 Å². The fourth-order valence-corrected chi connectivity index (χ4v) is 2.81. The van der Waals surface area contributed by atoms with Gasteiger partial charge in [-0.1, -0.05) is 0 Å². The van der Waals surface area contributed by atoms with Gasteiger partial charge in [0, 0.05) is 20.1 Å². The van der Waals surface area contributed by atoms with Crippen molar-refractivity contribution >= 4 is 14.4 Å². The molecule has 0 aromatic rings. The Morgan fingerprint density at radius 1 is 1.38 bits per heavy atom. The van der Waals surface area contributed by atoms with Crippen molar-refractivity contribution in [2.75, 3.05) is 20.1 Å². The van der Waals surface area contributed by atoms with Crippen LogP contribution in [-0.4, -0.2) is 41.9 Å². The number of likely N-dealkylation sites (tertiary alicyclic amines) is 1. The van der Waals surface area contributed by atoms with Crippen LogP contribution in [0.15, 0.2) is 4.76 Å². The van der Waals surface area contributed by atoms with Crippen LogP contribution in [0.1, 0.15) is 33.6 Å². The summed E-state index contributed by atoms with van der Waals surface area (Å²) in [6.07, 6.45) is 4.11. The van der Waals surface area contributed by atoms with E-state index in [2.05, 4.69) is 14.8 Å². The number of hydrogen-bond donors (Lipinski definition) is 2. The summed E-state index contributed by atoms with van der Waals surface area (Å²) in [6.45, 7) is 7.74. The van der Waals surface area contributed by atoms with Crippen LogP contribution in [0, 0.1) is 0 Å². The van der Waals surface area contributed by atoms with Gasteiger partial charge < -0.3 is 4.90 Å². The summed E-state index contributed by atoms with van der Waals surface area (Å²) in [6, 6.07) is 0. The van der Waals surface area contributed by atoms with Gasteiger partial charge in [-0.15, -0.1) is 5.09 Å². The summed E-state index contributed by atoms with van der Waals surface area (Å²) >= 11 is 0. The van der Waals surface area contributed by atoms with Crippen molar-refractivity contribution in [2.24, 2.45) is 4.76 Å². The molecular weight excluding hydrogens is 225 g/mol. The molecule has 0 aromatic carbocycles. The average molecular weight is 248 g/mol. The van der Waals surface area contributed by atoms with E-state index in [9.17, 15) is 4.89 Å². The summed E-state index contributed by atoms with van der Waals surface area (Å²) in [5.74, 6) is 0. The molecule has 1 rings (SSSR count). The van der Waals surface area contributed by atoms with Gasteiger partial charge in [0.1, 0.15) is 11.9 Å². The van der Waals surface area contributed by atoms with E-state index in [1.165, 1.54) is 12.8 Å². The maximum Gasteiger partial charge on any atom is 0.480 e. The second-order valence-corrected chi connectivity index (χ2v) is 6.89. The first kappa shape index (κ1) is 13.8. The highest BCUT2D eigenvalue weighted by Crippen LogP contribution is 2.55. The third-order valence-corrected chi connectivity index (χ3v) is 4.01. The molecule has 94 valence electrons. The van der Waals surface area contributed by atoms with Crippen molar-refractivity contribution in [3.63, 3.8) is 0 Å². The minimum Gasteiger partial charge on any atom is -0.360 e. The predicted molar refractivity (Wildman–Crippen MR) is 68.3 cm³/mol. The SMILES string of the molecule is CN[P+](O)(N=CN1CCCC1)OC(C)(C)C. The fraction of sp³-hybridized carbons (Fsp3) is 0.900. The first-order valence-electron chi connectivity index (χ1n) is 5.66. The van der Waals surface area contributed by atoms with Crippen LogP contribution >= 0.6 is 8.02 Å². The van der Waals surface area contributed by atoms with Crippen molar-refractivity contribution in [1.82, 2.24) is 9.99 Å². The lowest BCUT2D eigenvalue weighted by molar-refractivity contribution is 0.119. The molecule has 1 aliphatic rings. The summed E-state index contributed by atoms with van der Waals surface area (Å²) in [5.41, 5.74) is -0.409. The maximum atomic E-state index is 10.2. The molecule has 1 atom stereocenters. The van der Waals surface area contributed by atoms with Gasteiger partial charge in [0.2, 0.25) is 0 Å². The Hall–Kier alpha value is -0.220. The van der Waals surface area contributed by atoms with Crippen molar-refractivity contribution in [3.8, 4) is 0 Å². The highest BCUT2D eigenvalue weighted by atomic mass is 31.2. The van der Waals surface area contributed by atoms with Crippen LogP contribution in [0.4, 0.5) is 0 Å². The third-order valence-electron chi connectivity index (χ3n) is 2.20. The van der Waals surface area contributed by atoms with E-state index in [1.807, 2.05) is 20.8 Å². The smallest absolute Gasteiger partial charge is 0.360 e. The molecule has 0 bridgehead atoms. The molecule has 1 aliphatic heterocycles. The molecule has 0 saturated carbocycles. The highest BCUT2D eigenvalue weighted by molar-refractivity contribution is 7.62. The first-order chi connectivity index (χ1) is 7.35. The van der Waals surface area contributed by atoms with Crippen molar-refractivity contribution in [1.29, 1.82) is 0 Å². The monoisotopic (exact) mass is 248 g/mol. The topological polar surface area (TPSA) is 57.1 Å². The molecule has 1 fully saturated rings. The second-order valence-electron chi connectivity index (χ2n) is 4.95. The Labute approximate surface area is 98.5 Å². The minimum absolute atomic E-state index is 0.409. The third kappa shape index (κ3) is 4.74. The molecule has 1 unspecified atom stereocenters. The summed E-state index contributed by atoms with van der Waals surface area (Å²) in [4.78, 5) is 12.3.